The van der Waals surface area contributed by atoms with Gasteiger partial charge in [-0.3, -0.25) is 14.4 Å². The van der Waals surface area contributed by atoms with Gasteiger partial charge in [-0.2, -0.15) is 0 Å². The Bertz CT molecular complexity index is 876. The van der Waals surface area contributed by atoms with Crippen LogP contribution in [-0.2, 0) is 19.1 Å². The summed E-state index contributed by atoms with van der Waals surface area (Å²) in [5.41, 5.74) is 0. The van der Waals surface area contributed by atoms with Crippen molar-refractivity contribution in [3.8, 4) is 0 Å². The molecule has 1 unspecified atom stereocenters. The number of hydrogen-bond acceptors (Lipinski definition) is 6. The topological polar surface area (TPSA) is 87.2 Å². The number of aliphatic hydroxyl groups is 1. The molecular weight excluding hydrogens is 464 g/mol. The van der Waals surface area contributed by atoms with Crippen LogP contribution in [0.15, 0.2) is 24.3 Å². The van der Waals surface area contributed by atoms with Crippen LogP contribution in [0, 0.1) is 11.8 Å². The van der Waals surface area contributed by atoms with Gasteiger partial charge in [-0.25, -0.2) is 0 Å². The molecule has 0 aliphatic carbocycles. The van der Waals surface area contributed by atoms with Crippen LogP contribution in [0.2, 0.25) is 0 Å². The van der Waals surface area contributed by atoms with Gasteiger partial charge in [-0.05, 0) is 45.4 Å². The first kappa shape index (κ1) is 26.3. The van der Waals surface area contributed by atoms with Crippen molar-refractivity contribution in [3.05, 3.63) is 24.3 Å². The molecule has 1 N–H and O–H groups in total. The second-order valence-corrected chi connectivity index (χ2v) is 12.2. The highest BCUT2D eigenvalue weighted by molar-refractivity contribution is 8.02. The average molecular weight is 505 g/mol. The second kappa shape index (κ2) is 11.1. The molecule has 0 saturated carbocycles. The number of aliphatic hydroxyl groups excluding tert-OH is 1. The molecule has 2 amide bonds. The van der Waals surface area contributed by atoms with Gasteiger partial charge in [0.25, 0.3) is 0 Å². The number of amides is 2. The molecule has 35 heavy (non-hydrogen) atoms. The Kier molecular flexibility index (Phi) is 8.31. The normalized spacial score (nSPS) is 35.9. The molecule has 4 rings (SSSR count). The van der Waals surface area contributed by atoms with Crippen LogP contribution in [0.1, 0.15) is 65.2 Å². The fourth-order valence-electron chi connectivity index (χ4n) is 6.23. The molecule has 4 heterocycles. The van der Waals surface area contributed by atoms with Crippen molar-refractivity contribution in [1.82, 2.24) is 9.80 Å². The number of fused-ring (bicyclic) bond motifs is 2. The summed E-state index contributed by atoms with van der Waals surface area (Å²) in [5.74, 6) is -1.79. The lowest BCUT2D eigenvalue weighted by Crippen LogP contribution is -2.53. The predicted molar refractivity (Wildman–Crippen MR) is 137 cm³/mol. The lowest BCUT2D eigenvalue weighted by molar-refractivity contribution is -0.154. The molecule has 2 fully saturated rings. The zero-order valence-corrected chi connectivity index (χ0v) is 21.9. The van der Waals surface area contributed by atoms with E-state index in [2.05, 4.69) is 25.2 Å². The van der Waals surface area contributed by atoms with Crippen molar-refractivity contribution in [3.63, 3.8) is 0 Å². The first-order valence-electron chi connectivity index (χ1n) is 13.3. The molecule has 0 aromatic carbocycles. The molecular formula is C27H40N2O5S. The number of rotatable bonds is 8. The fourth-order valence-corrected chi connectivity index (χ4v) is 8.38. The van der Waals surface area contributed by atoms with Crippen LogP contribution in [0.5, 0.6) is 0 Å². The summed E-state index contributed by atoms with van der Waals surface area (Å²) < 4.78 is 4.25. The summed E-state index contributed by atoms with van der Waals surface area (Å²) in [5, 5.41) is 9.33. The summed E-state index contributed by atoms with van der Waals surface area (Å²) in [6.07, 6.45) is 15.2. The number of cyclic esters (lactones) is 1. The first-order valence-corrected chi connectivity index (χ1v) is 14.1. The van der Waals surface area contributed by atoms with Crippen molar-refractivity contribution < 1.29 is 24.2 Å². The predicted octanol–water partition coefficient (Wildman–Crippen LogP) is 3.32. The minimum absolute atomic E-state index is 0.0249. The van der Waals surface area contributed by atoms with Crippen LogP contribution < -0.4 is 0 Å². The number of carbonyl (C=O) groups is 3. The monoisotopic (exact) mass is 504 g/mol. The molecule has 7 nitrogen and oxygen atoms in total. The second-order valence-electron chi connectivity index (χ2n) is 10.4. The Morgan fingerprint density at radius 2 is 1.83 bits per heavy atom. The summed E-state index contributed by atoms with van der Waals surface area (Å²) in [4.78, 5) is 45.2. The Labute approximate surface area is 213 Å². The molecule has 4 aliphatic heterocycles. The fraction of sp³-hybridized carbons (Fsp3) is 0.741. The van der Waals surface area contributed by atoms with Crippen molar-refractivity contribution >= 4 is 29.5 Å². The number of ether oxygens (including phenoxy) is 1. The number of allylic oxidation sites excluding steroid dienone is 1. The number of thioether (sulfide) groups is 1. The molecule has 0 aromatic heterocycles. The van der Waals surface area contributed by atoms with Gasteiger partial charge in [0.1, 0.15) is 6.04 Å². The number of esters is 1. The quantitative estimate of drug-likeness (QED) is 0.310. The largest absolute Gasteiger partial charge is 0.465 e. The number of likely N-dealkylation sites (tertiary alicyclic amines) is 1. The van der Waals surface area contributed by atoms with Crippen molar-refractivity contribution in [2.45, 2.75) is 80.7 Å². The van der Waals surface area contributed by atoms with Gasteiger partial charge >= 0.3 is 5.97 Å². The van der Waals surface area contributed by atoms with E-state index in [0.717, 1.165) is 38.5 Å². The number of nitrogens with zero attached hydrogens (tertiary/aromatic N) is 2. The van der Waals surface area contributed by atoms with E-state index in [4.69, 9.17) is 4.74 Å². The zero-order chi connectivity index (χ0) is 25.1. The van der Waals surface area contributed by atoms with Gasteiger partial charge in [-0.15, -0.1) is 11.8 Å². The van der Waals surface area contributed by atoms with E-state index < -0.39 is 27.4 Å². The van der Waals surface area contributed by atoms with E-state index in [1.807, 2.05) is 17.9 Å². The van der Waals surface area contributed by atoms with Crippen LogP contribution >= 0.6 is 11.8 Å². The van der Waals surface area contributed by atoms with E-state index in [0.29, 0.717) is 39.1 Å². The first-order chi connectivity index (χ1) is 16.9. The molecule has 2 saturated heterocycles. The highest BCUT2D eigenvalue weighted by Gasteiger charge is 2.73. The molecule has 0 radical (unpaired) electrons. The van der Waals surface area contributed by atoms with E-state index >= 15 is 0 Å². The van der Waals surface area contributed by atoms with E-state index in [9.17, 15) is 19.5 Å². The molecule has 0 aromatic rings. The van der Waals surface area contributed by atoms with Crippen LogP contribution in [-0.4, -0.2) is 81.1 Å². The molecule has 8 heteroatoms. The third-order valence-electron chi connectivity index (χ3n) is 7.92. The highest BCUT2D eigenvalue weighted by atomic mass is 32.2. The number of carbonyl (C=O) groups excluding carboxylic acids is 3. The van der Waals surface area contributed by atoms with Crippen molar-refractivity contribution in [1.29, 1.82) is 0 Å². The van der Waals surface area contributed by atoms with Gasteiger partial charge < -0.3 is 19.6 Å². The van der Waals surface area contributed by atoms with Crippen LogP contribution in [0.4, 0.5) is 0 Å². The number of unbranched alkanes of at least 4 members (excludes halogenated alkanes) is 3. The lowest BCUT2D eigenvalue weighted by atomic mass is 9.74. The van der Waals surface area contributed by atoms with Gasteiger partial charge in [-0.1, -0.05) is 44.1 Å². The van der Waals surface area contributed by atoms with Crippen LogP contribution in [0.3, 0.4) is 0 Å². The van der Waals surface area contributed by atoms with Gasteiger partial charge in [0.2, 0.25) is 11.8 Å². The highest BCUT2D eigenvalue weighted by Crippen LogP contribution is 2.65. The molecule has 0 bridgehead atoms. The Morgan fingerprint density at radius 1 is 1.03 bits per heavy atom. The SMILES string of the molecule is CCCCCN1CC=C[C@]23S[C@]4(C)/C=C\CCCCOC(=O)[C@@H]4[C@H]2C(=O)N(CCCCO)C3C1=O. The zero-order valence-electron chi connectivity index (χ0n) is 21.1. The van der Waals surface area contributed by atoms with E-state index in [1.54, 1.807) is 16.7 Å². The van der Waals surface area contributed by atoms with Gasteiger partial charge in [0.05, 0.1) is 23.2 Å². The van der Waals surface area contributed by atoms with Crippen molar-refractivity contribution in [2.24, 2.45) is 11.8 Å². The standard InChI is InChI=1S/C27H40N2O5S/c1-3-4-8-15-28-16-12-14-27-20(23(31)29(17-9-10-18-30)22(27)24(28)32)21-25(33)34-19-11-6-5-7-13-26(21,2)35-27/h7,12-14,20-22,30H,3-6,8-11,15-19H2,1-2H3/b13-7-/t20-,21-,22?,26+,27-/m0/s1. The summed E-state index contributed by atoms with van der Waals surface area (Å²) in [6, 6.07) is -0.653. The number of hydrogen-bond donors (Lipinski definition) is 1. The summed E-state index contributed by atoms with van der Waals surface area (Å²) in [6.45, 7) is 6.17. The minimum Gasteiger partial charge on any atom is -0.465 e. The van der Waals surface area contributed by atoms with Gasteiger partial charge in [0.15, 0.2) is 0 Å². The maximum atomic E-state index is 14.1. The lowest BCUT2D eigenvalue weighted by Gasteiger charge is -2.37. The average Bonchev–Trinajstić information content (AvgIpc) is 3.15. The van der Waals surface area contributed by atoms with Crippen LogP contribution in [0.25, 0.3) is 0 Å². The summed E-state index contributed by atoms with van der Waals surface area (Å²) >= 11 is 1.60. The minimum atomic E-state index is -0.816. The Morgan fingerprint density at radius 3 is 2.60 bits per heavy atom. The van der Waals surface area contributed by atoms with Crippen molar-refractivity contribution in [2.75, 3.05) is 32.8 Å². The Balaban J connectivity index is 1.76. The Hall–Kier alpha value is -1.80. The summed E-state index contributed by atoms with van der Waals surface area (Å²) in [7, 11) is 0. The molecule has 1 spiro atoms. The molecule has 194 valence electrons. The smallest absolute Gasteiger partial charge is 0.311 e. The maximum Gasteiger partial charge on any atom is 0.311 e. The third kappa shape index (κ3) is 4.80. The molecule has 4 aliphatic rings. The maximum absolute atomic E-state index is 14.1. The molecule has 5 atom stereocenters. The third-order valence-corrected chi connectivity index (χ3v) is 9.72. The van der Waals surface area contributed by atoms with E-state index in [1.165, 1.54) is 0 Å². The van der Waals surface area contributed by atoms with E-state index in [-0.39, 0.29) is 24.4 Å². The van der Waals surface area contributed by atoms with Gasteiger partial charge in [0, 0.05) is 31.0 Å².